The van der Waals surface area contributed by atoms with Gasteiger partial charge in [-0.1, -0.05) is 6.92 Å². The number of quaternary nitrogens is 1. The Morgan fingerprint density at radius 1 is 1.20 bits per heavy atom. The zero-order chi connectivity index (χ0) is 28.7. The van der Waals surface area contributed by atoms with Crippen molar-refractivity contribution in [1.29, 1.82) is 0 Å². The van der Waals surface area contributed by atoms with Crippen LogP contribution in [0.3, 0.4) is 0 Å². The van der Waals surface area contributed by atoms with E-state index in [0.717, 1.165) is 31.2 Å². The van der Waals surface area contributed by atoms with E-state index in [2.05, 4.69) is 15.3 Å². The number of fused-ring (bicyclic) bond motifs is 1. The van der Waals surface area contributed by atoms with Crippen LogP contribution in [0.1, 0.15) is 47.7 Å². The summed E-state index contributed by atoms with van der Waals surface area (Å²) in [4.78, 5) is 39.0. The molecule has 2 amide bonds. The highest BCUT2D eigenvalue weighted by Gasteiger charge is 2.47. The van der Waals surface area contributed by atoms with Gasteiger partial charge in [0.2, 0.25) is 5.70 Å². The number of carbonyl (C=O) groups is 2. The Labute approximate surface area is 227 Å². The molecule has 1 saturated heterocycles. The van der Waals surface area contributed by atoms with Crippen molar-refractivity contribution >= 4 is 29.9 Å². The Morgan fingerprint density at radius 2 is 1.95 bits per heavy atom. The van der Waals surface area contributed by atoms with E-state index >= 15 is 0 Å². The van der Waals surface area contributed by atoms with Gasteiger partial charge in [-0.05, 0) is 55.7 Å². The van der Waals surface area contributed by atoms with Crippen LogP contribution in [0, 0.1) is 5.92 Å². The van der Waals surface area contributed by atoms with Crippen LogP contribution in [0.25, 0.3) is 0 Å². The van der Waals surface area contributed by atoms with Crippen molar-refractivity contribution < 1.29 is 32.5 Å². The van der Waals surface area contributed by atoms with Crippen LogP contribution >= 0.6 is 0 Å². The minimum absolute atomic E-state index is 0.0499. The fraction of sp³-hybridized carbons (Fsp3) is 0.296. The summed E-state index contributed by atoms with van der Waals surface area (Å²) in [6, 6.07) is 7.88. The number of rotatable bonds is 5. The number of piperidine rings is 1. The van der Waals surface area contributed by atoms with Gasteiger partial charge in [-0.25, -0.2) is 9.78 Å². The third kappa shape index (κ3) is 5.00. The first-order valence-electron chi connectivity index (χ1n) is 12.7. The summed E-state index contributed by atoms with van der Waals surface area (Å²) in [5.74, 6) is 6.24. The largest absolute Gasteiger partial charge is 0.465 e. The highest BCUT2D eigenvalue weighted by atomic mass is 19.4. The van der Waals surface area contributed by atoms with E-state index in [9.17, 15) is 27.9 Å². The fourth-order valence-corrected chi connectivity index (χ4v) is 5.25. The standard InChI is InChI=1S/C27H26F3N7O3/c1-2-20-8-7-18(15-36(20)26(39)40)23-21-14-32-11-12-37(21,31)24(35-23)16-3-5-17(6-4-16)25(38)34-22-13-19(9-10-33-22)27(28,29)30/h3-6,9-14,18,20H,2,7-8,15,31H2,1H3,(H-,33,34,38,39,40)/p+1. The SMILES string of the molecule is CCC1CCC(C2=C3C=NC=C[N+]3(N)C(c3ccc(C(=O)Nc4cc(C(F)(F)F)ccn4)cc3)=N2)CN1C(=O)O. The Hall–Kier alpha value is -4.36. The molecule has 10 nitrogen and oxygen atoms in total. The topological polar surface area (TPSA) is 133 Å². The number of pyridine rings is 1. The molecule has 0 bridgehead atoms. The summed E-state index contributed by atoms with van der Waals surface area (Å²) < 4.78 is 38.7. The molecule has 0 spiro atoms. The summed E-state index contributed by atoms with van der Waals surface area (Å²) in [7, 11) is 0. The maximum absolute atomic E-state index is 13.0. The smallest absolute Gasteiger partial charge is 0.416 e. The van der Waals surface area contributed by atoms with Gasteiger partial charge < -0.3 is 15.3 Å². The molecule has 1 fully saturated rings. The van der Waals surface area contributed by atoms with Crippen LogP contribution in [-0.2, 0) is 6.18 Å². The molecule has 0 saturated carbocycles. The van der Waals surface area contributed by atoms with Crippen LogP contribution in [0.2, 0.25) is 0 Å². The highest BCUT2D eigenvalue weighted by Crippen LogP contribution is 2.39. The number of benzene rings is 1. The quantitative estimate of drug-likeness (QED) is 0.363. The molecular formula is C27H27F3N7O3+. The number of amides is 2. The van der Waals surface area contributed by atoms with Gasteiger partial charge >= 0.3 is 12.3 Å². The first-order chi connectivity index (χ1) is 19.0. The van der Waals surface area contributed by atoms with E-state index < -0.39 is 23.7 Å². The average molecular weight is 555 g/mol. The van der Waals surface area contributed by atoms with E-state index in [1.807, 2.05) is 6.92 Å². The lowest BCUT2D eigenvalue weighted by atomic mass is 9.89. The van der Waals surface area contributed by atoms with Crippen LogP contribution < -0.4 is 11.2 Å². The number of allylic oxidation sites excluding steroid dienone is 1. The number of halogens is 3. The molecule has 3 aliphatic heterocycles. The third-order valence-electron chi connectivity index (χ3n) is 7.37. The molecule has 4 N–H and O–H groups in total. The van der Waals surface area contributed by atoms with Crippen molar-refractivity contribution in [2.45, 2.75) is 38.4 Å². The van der Waals surface area contributed by atoms with Gasteiger partial charge in [0.15, 0.2) is 0 Å². The maximum Gasteiger partial charge on any atom is 0.416 e. The minimum atomic E-state index is -4.56. The lowest BCUT2D eigenvalue weighted by Crippen LogP contribution is -2.53. The van der Waals surface area contributed by atoms with Crippen molar-refractivity contribution in [2.24, 2.45) is 21.7 Å². The summed E-state index contributed by atoms with van der Waals surface area (Å²) in [6.45, 7) is 2.26. The Kier molecular flexibility index (Phi) is 7.02. The molecule has 3 atom stereocenters. The Morgan fingerprint density at radius 3 is 2.62 bits per heavy atom. The van der Waals surface area contributed by atoms with Gasteiger partial charge in [0.05, 0.1) is 23.5 Å². The number of amidine groups is 1. The molecule has 3 unspecified atom stereocenters. The second-order valence-electron chi connectivity index (χ2n) is 9.79. The maximum atomic E-state index is 13.0. The van der Waals surface area contributed by atoms with Crippen LogP contribution in [0.5, 0.6) is 0 Å². The molecule has 1 aromatic heterocycles. The lowest BCUT2D eigenvalue weighted by molar-refractivity contribution is -0.750. The number of aliphatic imine (C=N–C) groups is 2. The molecule has 208 valence electrons. The van der Waals surface area contributed by atoms with Crippen molar-refractivity contribution in [3.63, 3.8) is 0 Å². The Bertz CT molecular complexity index is 1470. The van der Waals surface area contributed by atoms with Crippen molar-refractivity contribution in [3.8, 4) is 0 Å². The number of likely N-dealkylation sites (tertiary alicyclic amines) is 1. The number of nitrogens with zero attached hydrogens (tertiary/aromatic N) is 5. The molecule has 4 heterocycles. The van der Waals surface area contributed by atoms with Crippen LogP contribution in [-0.4, -0.2) is 56.2 Å². The van der Waals surface area contributed by atoms with Gasteiger partial charge in [0, 0.05) is 30.3 Å². The number of hydrogen-bond donors (Lipinski definition) is 3. The number of anilines is 1. The number of hydrogen-bond acceptors (Lipinski definition) is 6. The van der Waals surface area contributed by atoms with Crippen molar-refractivity contribution in [3.05, 3.63) is 83.1 Å². The minimum Gasteiger partial charge on any atom is -0.465 e. The molecule has 0 aliphatic carbocycles. The van der Waals surface area contributed by atoms with Crippen molar-refractivity contribution in [1.82, 2.24) is 9.88 Å². The molecule has 2 aromatic rings. The highest BCUT2D eigenvalue weighted by molar-refractivity contribution is 6.05. The van der Waals surface area contributed by atoms with Gasteiger partial charge in [0.25, 0.3) is 11.7 Å². The molecule has 0 radical (unpaired) electrons. The Balaban J connectivity index is 1.39. The molecule has 3 aliphatic rings. The third-order valence-corrected chi connectivity index (χ3v) is 7.37. The molecule has 13 heteroatoms. The number of aromatic nitrogens is 1. The van der Waals surface area contributed by atoms with E-state index in [4.69, 9.17) is 10.8 Å². The fourth-order valence-electron chi connectivity index (χ4n) is 5.25. The number of carbonyl (C=O) groups excluding carboxylic acids is 1. The van der Waals surface area contributed by atoms with E-state index in [-0.39, 0.29) is 27.9 Å². The predicted molar refractivity (Wildman–Crippen MR) is 141 cm³/mol. The van der Waals surface area contributed by atoms with Gasteiger partial charge in [-0.2, -0.15) is 24.0 Å². The summed E-state index contributed by atoms with van der Waals surface area (Å²) >= 11 is 0. The first kappa shape index (κ1) is 27.2. The van der Waals surface area contributed by atoms with Crippen LogP contribution in [0.4, 0.5) is 23.8 Å². The normalized spacial score (nSPS) is 24.1. The van der Waals surface area contributed by atoms with E-state index in [1.54, 1.807) is 30.7 Å². The molecule has 1 aromatic carbocycles. The van der Waals surface area contributed by atoms with E-state index in [0.29, 0.717) is 35.8 Å². The summed E-state index contributed by atoms with van der Waals surface area (Å²) in [5.41, 5.74) is 1.20. The number of alkyl halides is 3. The number of nitrogens with one attached hydrogen (secondary N) is 1. The molecular weight excluding hydrogens is 527 g/mol. The first-order valence-corrected chi connectivity index (χ1v) is 12.7. The lowest BCUT2D eigenvalue weighted by Gasteiger charge is -2.37. The second-order valence-corrected chi connectivity index (χ2v) is 9.79. The molecule has 40 heavy (non-hydrogen) atoms. The van der Waals surface area contributed by atoms with Gasteiger partial charge in [-0.15, -0.1) is 4.59 Å². The number of nitrogens with two attached hydrogens (primary N) is 1. The second kappa shape index (κ2) is 10.3. The summed E-state index contributed by atoms with van der Waals surface area (Å²) in [5, 5.41) is 12.1. The monoisotopic (exact) mass is 554 g/mol. The molecule has 5 rings (SSSR count). The zero-order valence-corrected chi connectivity index (χ0v) is 21.5. The van der Waals surface area contributed by atoms with Crippen molar-refractivity contribution in [2.75, 3.05) is 11.9 Å². The van der Waals surface area contributed by atoms with Crippen LogP contribution in [0.15, 0.2) is 76.4 Å². The average Bonchev–Trinajstić information content (AvgIpc) is 3.25. The van der Waals surface area contributed by atoms with Gasteiger partial charge in [-0.3, -0.25) is 9.79 Å². The predicted octanol–water partition coefficient (Wildman–Crippen LogP) is 4.74. The van der Waals surface area contributed by atoms with E-state index in [1.165, 1.54) is 17.0 Å². The number of carboxylic acid groups (broad SMARTS) is 1. The zero-order valence-electron chi connectivity index (χ0n) is 21.5. The summed E-state index contributed by atoms with van der Waals surface area (Å²) in [6.07, 6.45) is 2.49. The van der Waals surface area contributed by atoms with Gasteiger partial charge in [0.1, 0.15) is 17.7 Å².